The number of anilines is 1. The highest BCUT2D eigenvalue weighted by Crippen LogP contribution is 2.31. The summed E-state index contributed by atoms with van der Waals surface area (Å²) in [4.78, 5) is 12.9. The lowest BCUT2D eigenvalue weighted by molar-refractivity contribution is -0.0299. The third-order valence-corrected chi connectivity index (χ3v) is 3.64. The van der Waals surface area contributed by atoms with Crippen LogP contribution in [0.3, 0.4) is 0 Å². The molecule has 0 bridgehead atoms. The van der Waals surface area contributed by atoms with E-state index in [1.165, 1.54) is 6.33 Å². The molecule has 1 saturated heterocycles. The molecule has 9 heteroatoms. The number of nitrogens with zero attached hydrogens (tertiary/aromatic N) is 5. The van der Waals surface area contributed by atoms with Gasteiger partial charge in [0.1, 0.15) is 17.7 Å². The average Bonchev–Trinajstić information content (AvgIpc) is 3.02. The Labute approximate surface area is 126 Å². The fourth-order valence-corrected chi connectivity index (χ4v) is 2.47. The summed E-state index contributed by atoms with van der Waals surface area (Å²) in [6, 6.07) is 0. The van der Waals surface area contributed by atoms with Crippen LogP contribution in [0.1, 0.15) is 25.8 Å². The van der Waals surface area contributed by atoms with E-state index in [1.807, 2.05) is 6.92 Å². The number of hydrogen-bond donors (Lipinski definition) is 3. The Balaban J connectivity index is 2.05. The Hall–Kier alpha value is -2.10. The van der Waals surface area contributed by atoms with Gasteiger partial charge in [-0.3, -0.25) is 4.57 Å². The molecule has 3 N–H and O–H groups in total. The third kappa shape index (κ3) is 2.32. The molecule has 0 saturated carbocycles. The minimum atomic E-state index is -1.05. The van der Waals surface area contributed by atoms with Gasteiger partial charge in [-0.15, -0.1) is 0 Å². The summed E-state index contributed by atoms with van der Waals surface area (Å²) in [5.41, 5.74) is 4.51. The van der Waals surface area contributed by atoms with E-state index in [0.29, 0.717) is 22.8 Å². The van der Waals surface area contributed by atoms with Crippen LogP contribution in [0.25, 0.3) is 11.2 Å². The largest absolute Gasteiger partial charge is 0.388 e. The Kier molecular flexibility index (Phi) is 3.77. The quantitative estimate of drug-likeness (QED) is 0.547. The van der Waals surface area contributed by atoms with Crippen molar-refractivity contribution in [3.05, 3.63) is 12.0 Å². The molecule has 0 aromatic carbocycles. The zero-order chi connectivity index (χ0) is 15.9. The van der Waals surface area contributed by atoms with E-state index in [-0.39, 0.29) is 0 Å². The molecule has 118 valence electrons. The summed E-state index contributed by atoms with van der Waals surface area (Å²) < 4.78 is 7.21. The molecular formula is C13H18N6O3. The molecule has 2 aromatic rings. The van der Waals surface area contributed by atoms with Gasteiger partial charge >= 0.3 is 0 Å². The van der Waals surface area contributed by atoms with Crippen LogP contribution in [0.2, 0.25) is 0 Å². The number of imidazole rings is 1. The maximum absolute atomic E-state index is 10.1. The van der Waals surface area contributed by atoms with Crippen LogP contribution in [0, 0.1) is 6.92 Å². The summed E-state index contributed by atoms with van der Waals surface area (Å²) in [6.45, 7) is 5.29. The molecule has 2 aromatic heterocycles. The number of nitrogens with one attached hydrogen (secondary N) is 1. The molecule has 9 nitrogen and oxygen atoms in total. The molecular weight excluding hydrogens is 288 g/mol. The molecule has 1 aliphatic rings. The maximum Gasteiger partial charge on any atom is 0.245 e. The van der Waals surface area contributed by atoms with Crippen molar-refractivity contribution in [2.45, 2.75) is 45.3 Å². The molecule has 22 heavy (non-hydrogen) atoms. The standard InChI is InChI=1S/C13H18N6O3/c1-4-15-18-13-16-6(2)8-11(17-13)19(5-14-8)12-10(21)9(20)7(3)22-12/h4-5,7,9-10,12,20-21H,1-3H3,(H,16,17,18)/b15-4+/t7-,9+,10?,12-/m1/s1. The van der Waals surface area contributed by atoms with Crippen molar-refractivity contribution in [1.82, 2.24) is 19.5 Å². The van der Waals surface area contributed by atoms with Gasteiger partial charge in [-0.2, -0.15) is 10.1 Å². The van der Waals surface area contributed by atoms with Gasteiger partial charge in [-0.05, 0) is 20.8 Å². The van der Waals surface area contributed by atoms with E-state index in [4.69, 9.17) is 4.74 Å². The summed E-state index contributed by atoms with van der Waals surface area (Å²) >= 11 is 0. The van der Waals surface area contributed by atoms with Crippen LogP contribution in [0.5, 0.6) is 0 Å². The predicted molar refractivity (Wildman–Crippen MR) is 79.4 cm³/mol. The monoisotopic (exact) mass is 306 g/mol. The first-order valence-corrected chi connectivity index (χ1v) is 6.99. The molecule has 0 radical (unpaired) electrons. The van der Waals surface area contributed by atoms with Gasteiger partial charge < -0.3 is 14.9 Å². The molecule has 1 fully saturated rings. The van der Waals surface area contributed by atoms with Crippen molar-refractivity contribution in [3.8, 4) is 0 Å². The minimum Gasteiger partial charge on any atom is -0.388 e. The fraction of sp³-hybridized carbons (Fsp3) is 0.538. The first-order valence-electron chi connectivity index (χ1n) is 6.99. The van der Waals surface area contributed by atoms with Crippen molar-refractivity contribution in [1.29, 1.82) is 0 Å². The van der Waals surface area contributed by atoms with Crippen LogP contribution in [-0.2, 0) is 4.74 Å². The summed E-state index contributed by atoms with van der Waals surface area (Å²) in [5.74, 6) is 0.325. The van der Waals surface area contributed by atoms with Crippen molar-refractivity contribution in [2.24, 2.45) is 5.10 Å². The highest BCUT2D eigenvalue weighted by atomic mass is 16.6. The highest BCUT2D eigenvalue weighted by Gasteiger charge is 2.42. The summed E-state index contributed by atoms with van der Waals surface area (Å²) in [5, 5.41) is 23.9. The summed E-state index contributed by atoms with van der Waals surface area (Å²) in [7, 11) is 0. The topological polar surface area (TPSA) is 118 Å². The summed E-state index contributed by atoms with van der Waals surface area (Å²) in [6.07, 6.45) is -0.102. The number of hydrogen-bond acceptors (Lipinski definition) is 8. The SMILES string of the molecule is C/C=N/Nc1nc(C)c2ncn([C@@H]3O[C@H](C)[C@H](O)C3O)c2n1. The van der Waals surface area contributed by atoms with Gasteiger partial charge in [0, 0.05) is 6.21 Å². The molecule has 0 aliphatic carbocycles. The molecule has 1 aliphatic heterocycles. The molecule has 3 heterocycles. The van der Waals surface area contributed by atoms with Gasteiger partial charge in [-0.25, -0.2) is 15.4 Å². The predicted octanol–water partition coefficient (Wildman–Crippen LogP) is 0.191. The Morgan fingerprint density at radius 1 is 1.36 bits per heavy atom. The smallest absolute Gasteiger partial charge is 0.245 e. The van der Waals surface area contributed by atoms with Crippen molar-refractivity contribution in [2.75, 3.05) is 5.43 Å². The first-order chi connectivity index (χ1) is 10.5. The van der Waals surface area contributed by atoms with E-state index in [2.05, 4.69) is 25.5 Å². The lowest BCUT2D eigenvalue weighted by atomic mass is 10.1. The van der Waals surface area contributed by atoms with Crippen LogP contribution in [0.4, 0.5) is 5.95 Å². The van der Waals surface area contributed by atoms with Gasteiger partial charge in [0.05, 0.1) is 18.1 Å². The Morgan fingerprint density at radius 2 is 2.14 bits per heavy atom. The highest BCUT2D eigenvalue weighted by molar-refractivity contribution is 5.74. The minimum absolute atomic E-state index is 0.325. The second kappa shape index (κ2) is 5.59. The second-order valence-corrected chi connectivity index (χ2v) is 5.17. The number of aliphatic hydroxyl groups excluding tert-OH is 2. The average molecular weight is 306 g/mol. The Morgan fingerprint density at radius 3 is 2.77 bits per heavy atom. The number of fused-ring (bicyclic) bond motifs is 1. The van der Waals surface area contributed by atoms with E-state index in [1.54, 1.807) is 24.6 Å². The van der Waals surface area contributed by atoms with E-state index >= 15 is 0 Å². The zero-order valence-corrected chi connectivity index (χ0v) is 12.5. The number of aromatic nitrogens is 4. The Bertz CT molecular complexity index is 715. The molecule has 0 amide bonds. The number of aliphatic hydroxyl groups is 2. The fourth-order valence-electron chi connectivity index (χ4n) is 2.47. The van der Waals surface area contributed by atoms with Gasteiger partial charge in [-0.1, -0.05) is 0 Å². The molecule has 0 spiro atoms. The van der Waals surface area contributed by atoms with Gasteiger partial charge in [0.25, 0.3) is 0 Å². The van der Waals surface area contributed by atoms with Gasteiger partial charge in [0.15, 0.2) is 11.9 Å². The first kappa shape index (κ1) is 14.8. The number of hydrazone groups is 1. The number of ether oxygens (including phenoxy) is 1. The van der Waals surface area contributed by atoms with Crippen LogP contribution >= 0.6 is 0 Å². The second-order valence-electron chi connectivity index (χ2n) is 5.17. The maximum atomic E-state index is 10.1. The van der Waals surface area contributed by atoms with E-state index in [0.717, 1.165) is 0 Å². The van der Waals surface area contributed by atoms with Crippen molar-refractivity contribution in [3.63, 3.8) is 0 Å². The number of aryl methyl sites for hydroxylation is 1. The molecule has 3 rings (SSSR count). The van der Waals surface area contributed by atoms with E-state index in [9.17, 15) is 10.2 Å². The number of rotatable bonds is 3. The van der Waals surface area contributed by atoms with Crippen molar-refractivity contribution < 1.29 is 14.9 Å². The molecule has 4 atom stereocenters. The van der Waals surface area contributed by atoms with Crippen molar-refractivity contribution >= 4 is 23.3 Å². The van der Waals surface area contributed by atoms with Gasteiger partial charge in [0.2, 0.25) is 5.95 Å². The van der Waals surface area contributed by atoms with Crippen LogP contribution < -0.4 is 5.43 Å². The zero-order valence-electron chi connectivity index (χ0n) is 12.5. The normalized spacial score (nSPS) is 28.8. The van der Waals surface area contributed by atoms with Crippen LogP contribution in [-0.4, -0.2) is 54.3 Å². The third-order valence-electron chi connectivity index (χ3n) is 3.64. The lowest BCUT2D eigenvalue weighted by Crippen LogP contribution is -2.30. The van der Waals surface area contributed by atoms with E-state index < -0.39 is 24.5 Å². The van der Waals surface area contributed by atoms with Crippen LogP contribution in [0.15, 0.2) is 11.4 Å². The molecule has 1 unspecified atom stereocenters. The lowest BCUT2D eigenvalue weighted by Gasteiger charge is -2.16.